The third kappa shape index (κ3) is 3.88. The van der Waals surface area contributed by atoms with Crippen LogP contribution in [0.2, 0.25) is 0 Å². The van der Waals surface area contributed by atoms with Crippen LogP contribution in [0.4, 0.5) is 4.39 Å². The van der Waals surface area contributed by atoms with E-state index in [1.54, 1.807) is 12.1 Å². The predicted octanol–water partition coefficient (Wildman–Crippen LogP) is 2.74. The van der Waals surface area contributed by atoms with Crippen molar-refractivity contribution in [3.8, 4) is 0 Å². The number of hydrogen-bond donors (Lipinski definition) is 1. The minimum absolute atomic E-state index is 0.157. The van der Waals surface area contributed by atoms with E-state index in [4.69, 9.17) is 5.73 Å². The molecule has 1 aromatic rings. The summed E-state index contributed by atoms with van der Waals surface area (Å²) in [6.07, 6.45) is 1.88. The molecule has 78 valence electrons. The Labute approximate surface area is 85.1 Å². The number of halogens is 1. The van der Waals surface area contributed by atoms with Crippen molar-refractivity contribution in [3.05, 3.63) is 35.6 Å². The molecular formula is C12H18FN. The van der Waals surface area contributed by atoms with E-state index >= 15 is 0 Å². The van der Waals surface area contributed by atoms with Gasteiger partial charge in [-0.1, -0.05) is 19.1 Å². The van der Waals surface area contributed by atoms with E-state index in [1.165, 1.54) is 6.07 Å². The van der Waals surface area contributed by atoms with Crippen LogP contribution in [0.1, 0.15) is 25.8 Å². The highest BCUT2D eigenvalue weighted by Crippen LogP contribution is 2.13. The molecule has 1 nitrogen and oxygen atoms in total. The first-order valence-corrected chi connectivity index (χ1v) is 5.08. The van der Waals surface area contributed by atoms with E-state index in [0.29, 0.717) is 5.92 Å². The van der Waals surface area contributed by atoms with Gasteiger partial charge < -0.3 is 5.73 Å². The first-order chi connectivity index (χ1) is 6.58. The first-order valence-electron chi connectivity index (χ1n) is 5.08. The molecule has 0 radical (unpaired) electrons. The Morgan fingerprint density at radius 2 is 2.07 bits per heavy atom. The van der Waals surface area contributed by atoms with Gasteiger partial charge in [-0.05, 0) is 43.4 Å². The third-order valence-electron chi connectivity index (χ3n) is 2.25. The van der Waals surface area contributed by atoms with Gasteiger partial charge in [0.1, 0.15) is 5.82 Å². The van der Waals surface area contributed by atoms with Crippen molar-refractivity contribution >= 4 is 0 Å². The summed E-state index contributed by atoms with van der Waals surface area (Å²) >= 11 is 0. The summed E-state index contributed by atoms with van der Waals surface area (Å²) in [4.78, 5) is 0. The van der Waals surface area contributed by atoms with Crippen molar-refractivity contribution in [2.24, 2.45) is 11.7 Å². The zero-order chi connectivity index (χ0) is 10.6. The van der Waals surface area contributed by atoms with Crippen LogP contribution in [0.15, 0.2) is 24.3 Å². The van der Waals surface area contributed by atoms with Gasteiger partial charge in [-0.3, -0.25) is 0 Å². The fourth-order valence-corrected chi connectivity index (χ4v) is 1.78. The smallest absolute Gasteiger partial charge is 0.123 e. The molecule has 1 rings (SSSR count). The van der Waals surface area contributed by atoms with Gasteiger partial charge >= 0.3 is 0 Å². The van der Waals surface area contributed by atoms with Gasteiger partial charge in [0, 0.05) is 6.04 Å². The van der Waals surface area contributed by atoms with Gasteiger partial charge in [0.25, 0.3) is 0 Å². The summed E-state index contributed by atoms with van der Waals surface area (Å²) in [5, 5.41) is 0. The second-order valence-electron chi connectivity index (χ2n) is 4.15. The quantitative estimate of drug-likeness (QED) is 0.785. The van der Waals surface area contributed by atoms with Crippen molar-refractivity contribution in [2.45, 2.75) is 32.7 Å². The minimum Gasteiger partial charge on any atom is -0.328 e. The molecule has 0 bridgehead atoms. The Balaban J connectivity index is 2.51. The second-order valence-corrected chi connectivity index (χ2v) is 4.15. The third-order valence-corrected chi connectivity index (χ3v) is 2.25. The van der Waals surface area contributed by atoms with Gasteiger partial charge in [0.15, 0.2) is 0 Å². The lowest BCUT2D eigenvalue weighted by molar-refractivity contribution is 0.478. The van der Waals surface area contributed by atoms with Crippen LogP contribution in [0, 0.1) is 11.7 Å². The molecule has 0 aromatic heterocycles. The monoisotopic (exact) mass is 195 g/mol. The Kier molecular flexibility index (Phi) is 4.08. The molecule has 0 spiro atoms. The van der Waals surface area contributed by atoms with Crippen LogP contribution in [-0.4, -0.2) is 6.04 Å². The molecule has 0 aliphatic rings. The zero-order valence-electron chi connectivity index (χ0n) is 8.83. The maximum Gasteiger partial charge on any atom is 0.123 e. The Hall–Kier alpha value is -0.890. The molecule has 0 amide bonds. The highest BCUT2D eigenvalue weighted by molar-refractivity contribution is 5.16. The number of hydrogen-bond acceptors (Lipinski definition) is 1. The molecular weight excluding hydrogens is 177 g/mol. The lowest BCUT2D eigenvalue weighted by atomic mass is 9.95. The molecule has 2 N–H and O–H groups in total. The van der Waals surface area contributed by atoms with E-state index in [-0.39, 0.29) is 11.9 Å². The molecule has 1 aromatic carbocycles. The lowest BCUT2D eigenvalue weighted by Crippen LogP contribution is -2.19. The van der Waals surface area contributed by atoms with Crippen LogP contribution >= 0.6 is 0 Å². The van der Waals surface area contributed by atoms with Crippen molar-refractivity contribution in [1.82, 2.24) is 0 Å². The standard InChI is InChI=1S/C12H18FN/c1-9(6-10(2)14)7-11-4-3-5-12(13)8-11/h3-5,8-10H,6-7,14H2,1-2H3. The van der Waals surface area contributed by atoms with Crippen LogP contribution in [0.5, 0.6) is 0 Å². The topological polar surface area (TPSA) is 26.0 Å². The summed E-state index contributed by atoms with van der Waals surface area (Å²) in [6.45, 7) is 4.15. The molecule has 14 heavy (non-hydrogen) atoms. The first kappa shape index (κ1) is 11.2. The van der Waals surface area contributed by atoms with Gasteiger partial charge in [0.05, 0.1) is 0 Å². The van der Waals surface area contributed by atoms with Gasteiger partial charge in [0.2, 0.25) is 0 Å². The summed E-state index contributed by atoms with van der Waals surface area (Å²) in [5.74, 6) is 0.354. The lowest BCUT2D eigenvalue weighted by Gasteiger charge is -2.13. The van der Waals surface area contributed by atoms with E-state index < -0.39 is 0 Å². The van der Waals surface area contributed by atoms with E-state index in [1.807, 2.05) is 13.0 Å². The Morgan fingerprint density at radius 1 is 1.36 bits per heavy atom. The van der Waals surface area contributed by atoms with E-state index in [9.17, 15) is 4.39 Å². The van der Waals surface area contributed by atoms with Crippen molar-refractivity contribution < 1.29 is 4.39 Å². The van der Waals surface area contributed by atoms with Crippen LogP contribution in [0.3, 0.4) is 0 Å². The number of nitrogens with two attached hydrogens (primary N) is 1. The highest BCUT2D eigenvalue weighted by Gasteiger charge is 2.06. The molecule has 0 saturated heterocycles. The molecule has 0 saturated carbocycles. The van der Waals surface area contributed by atoms with E-state index in [0.717, 1.165) is 18.4 Å². The SMILES string of the molecule is CC(N)CC(C)Cc1cccc(F)c1. The summed E-state index contributed by atoms with van der Waals surface area (Å²) in [5.41, 5.74) is 6.76. The maximum atomic E-state index is 12.9. The fourth-order valence-electron chi connectivity index (χ4n) is 1.78. The molecule has 0 aliphatic carbocycles. The molecule has 2 atom stereocenters. The zero-order valence-corrected chi connectivity index (χ0v) is 8.83. The molecule has 0 fully saturated rings. The van der Waals surface area contributed by atoms with Crippen LogP contribution < -0.4 is 5.73 Å². The average molecular weight is 195 g/mol. The van der Waals surface area contributed by atoms with E-state index in [2.05, 4.69) is 6.92 Å². The van der Waals surface area contributed by atoms with Gasteiger partial charge in [-0.25, -0.2) is 4.39 Å². The maximum absolute atomic E-state index is 12.9. The Morgan fingerprint density at radius 3 is 2.64 bits per heavy atom. The Bertz CT molecular complexity index is 283. The summed E-state index contributed by atoms with van der Waals surface area (Å²) in [6, 6.07) is 7.00. The molecule has 0 aliphatic heterocycles. The molecule has 2 heteroatoms. The largest absolute Gasteiger partial charge is 0.328 e. The minimum atomic E-state index is -0.157. The number of rotatable bonds is 4. The fraction of sp³-hybridized carbons (Fsp3) is 0.500. The number of benzene rings is 1. The van der Waals surface area contributed by atoms with Gasteiger partial charge in [-0.2, -0.15) is 0 Å². The summed E-state index contributed by atoms with van der Waals surface area (Å²) < 4.78 is 12.9. The van der Waals surface area contributed by atoms with Crippen LogP contribution in [-0.2, 0) is 6.42 Å². The van der Waals surface area contributed by atoms with Crippen molar-refractivity contribution in [3.63, 3.8) is 0 Å². The molecule has 2 unspecified atom stereocenters. The highest BCUT2D eigenvalue weighted by atomic mass is 19.1. The molecule has 0 heterocycles. The van der Waals surface area contributed by atoms with Crippen LogP contribution in [0.25, 0.3) is 0 Å². The summed E-state index contributed by atoms with van der Waals surface area (Å²) in [7, 11) is 0. The van der Waals surface area contributed by atoms with Crippen molar-refractivity contribution in [1.29, 1.82) is 0 Å². The van der Waals surface area contributed by atoms with Crippen molar-refractivity contribution in [2.75, 3.05) is 0 Å². The predicted molar refractivity (Wildman–Crippen MR) is 57.5 cm³/mol. The second kappa shape index (κ2) is 5.11. The average Bonchev–Trinajstić information content (AvgIpc) is 2.01. The van der Waals surface area contributed by atoms with Gasteiger partial charge in [-0.15, -0.1) is 0 Å². The normalized spacial score (nSPS) is 15.1.